The van der Waals surface area contributed by atoms with Gasteiger partial charge in [-0.1, -0.05) is 25.1 Å². The van der Waals surface area contributed by atoms with Crippen molar-refractivity contribution in [3.05, 3.63) is 77.6 Å². The molecule has 1 aliphatic carbocycles. The molecule has 5 rings (SSSR count). The fraction of sp³-hybridized carbons (Fsp3) is 0.382. The molecule has 2 aromatic carbocycles. The lowest BCUT2D eigenvalue weighted by atomic mass is 9.83. The molecule has 0 bridgehead atoms. The molecule has 2 aromatic rings. The summed E-state index contributed by atoms with van der Waals surface area (Å²) in [5.74, 6) is -5.38. The zero-order valence-electron chi connectivity index (χ0n) is 26.0. The number of carbonyl (C=O) groups excluding carboxylic acids is 2. The second kappa shape index (κ2) is 15.1. The van der Waals surface area contributed by atoms with E-state index in [0.29, 0.717) is 11.1 Å². The van der Waals surface area contributed by atoms with Crippen LogP contribution in [-0.4, -0.2) is 103 Å². The number of aliphatic carboxylic acids is 1. The van der Waals surface area contributed by atoms with Crippen LogP contribution in [0.4, 0.5) is 0 Å². The van der Waals surface area contributed by atoms with Crippen molar-refractivity contribution in [1.29, 1.82) is 0 Å². The fourth-order valence-electron chi connectivity index (χ4n) is 6.07. The van der Waals surface area contributed by atoms with Crippen LogP contribution in [0.3, 0.4) is 0 Å². The Balaban J connectivity index is 1.23. The van der Waals surface area contributed by atoms with Gasteiger partial charge in [-0.2, -0.15) is 0 Å². The molecular weight excluding hydrogens is 648 g/mol. The van der Waals surface area contributed by atoms with Crippen LogP contribution >= 0.6 is 0 Å². The Morgan fingerprint density at radius 2 is 1.53 bits per heavy atom. The van der Waals surface area contributed by atoms with Crippen LogP contribution in [0.1, 0.15) is 24.5 Å². The summed E-state index contributed by atoms with van der Waals surface area (Å²) >= 11 is 0. The molecule has 49 heavy (non-hydrogen) atoms. The molecule has 1 saturated heterocycles. The molecule has 7 N–H and O–H groups in total. The number of esters is 2. The Hall–Kier alpha value is -4.93. The van der Waals surface area contributed by atoms with E-state index >= 15 is 0 Å². The Morgan fingerprint density at radius 1 is 0.857 bits per heavy atom. The van der Waals surface area contributed by atoms with Crippen LogP contribution in [0.25, 0.3) is 12.2 Å². The van der Waals surface area contributed by atoms with Gasteiger partial charge in [-0.15, -0.1) is 0 Å². The summed E-state index contributed by atoms with van der Waals surface area (Å²) in [6, 6.07) is 10.0. The molecular formula is C34H36O15. The molecule has 2 heterocycles. The molecule has 262 valence electrons. The molecule has 3 aliphatic rings. The summed E-state index contributed by atoms with van der Waals surface area (Å²) in [5.41, 5.74) is 0.942. The first-order valence-electron chi connectivity index (χ1n) is 15.3. The predicted molar refractivity (Wildman–Crippen MR) is 166 cm³/mol. The largest absolute Gasteiger partial charge is 0.508 e. The Labute approximate surface area is 279 Å². The number of phenolic OH excluding ortho intramolecular Hbond substituents is 3. The zero-order chi connectivity index (χ0) is 35.4. The molecule has 10 atom stereocenters. The lowest BCUT2D eigenvalue weighted by Crippen LogP contribution is -2.60. The van der Waals surface area contributed by atoms with Crippen molar-refractivity contribution < 1.29 is 73.8 Å². The first kappa shape index (κ1) is 35.4. The highest BCUT2D eigenvalue weighted by Crippen LogP contribution is 2.48. The quantitative estimate of drug-likeness (QED) is 0.106. The number of hydrogen-bond donors (Lipinski definition) is 7. The highest BCUT2D eigenvalue weighted by Gasteiger charge is 2.54. The van der Waals surface area contributed by atoms with Crippen LogP contribution in [0, 0.1) is 17.8 Å². The SMILES string of the molecule is CC1C(OC(=O)C=Cc2ccc(O)cc2)CC2C(C(=O)O)=COC(OC3OC(COC(=O)C=Cc4ccc(O)c(O)c4)C(O)C(O)C3O)C21. The maximum Gasteiger partial charge on any atom is 0.334 e. The maximum atomic E-state index is 12.7. The standard InChI is InChI=1S/C34H36O15/c1-16-24(47-27(39)11-5-17-2-7-19(35)8-3-17)13-20-21(32(43)44)14-46-33(28(16)20)49-34-31(42)30(41)29(40)25(48-34)15-45-26(38)10-6-18-4-9-22(36)23(37)12-18/h2-12,14,16,20,24-25,28-31,33-37,40-42H,13,15H2,1H3,(H,43,44). The number of hydrogen-bond acceptors (Lipinski definition) is 14. The Morgan fingerprint density at radius 3 is 2.22 bits per heavy atom. The number of aromatic hydroxyl groups is 3. The second-order valence-corrected chi connectivity index (χ2v) is 11.9. The van der Waals surface area contributed by atoms with Crippen molar-refractivity contribution >= 4 is 30.1 Å². The molecule has 15 nitrogen and oxygen atoms in total. The highest BCUT2D eigenvalue weighted by molar-refractivity contribution is 5.88. The van der Waals surface area contributed by atoms with E-state index in [2.05, 4.69) is 0 Å². The predicted octanol–water partition coefficient (Wildman–Crippen LogP) is 1.41. The number of aliphatic hydroxyl groups excluding tert-OH is 3. The zero-order valence-corrected chi connectivity index (χ0v) is 26.0. The van der Waals surface area contributed by atoms with Gasteiger partial charge < -0.3 is 59.4 Å². The number of rotatable bonds is 10. The molecule has 0 aromatic heterocycles. The minimum Gasteiger partial charge on any atom is -0.508 e. The smallest absolute Gasteiger partial charge is 0.334 e. The first-order valence-corrected chi connectivity index (χ1v) is 15.3. The summed E-state index contributed by atoms with van der Waals surface area (Å²) in [6.45, 7) is 1.16. The van der Waals surface area contributed by atoms with E-state index in [4.69, 9.17) is 23.7 Å². The Bertz CT molecular complexity index is 1620. The number of carbonyl (C=O) groups is 3. The van der Waals surface area contributed by atoms with E-state index < -0.39 is 91.1 Å². The summed E-state index contributed by atoms with van der Waals surface area (Å²) in [6.07, 6.45) is -4.08. The van der Waals surface area contributed by atoms with Gasteiger partial charge in [0.05, 0.1) is 11.8 Å². The molecule has 15 heteroatoms. The van der Waals surface area contributed by atoms with Gasteiger partial charge in [-0.3, -0.25) is 0 Å². The van der Waals surface area contributed by atoms with Gasteiger partial charge >= 0.3 is 17.9 Å². The third-order valence-corrected chi connectivity index (χ3v) is 8.74. The van der Waals surface area contributed by atoms with Gasteiger partial charge in [0.25, 0.3) is 0 Å². The number of carboxylic acids is 1. The summed E-state index contributed by atoms with van der Waals surface area (Å²) < 4.78 is 28.1. The molecule has 2 aliphatic heterocycles. The second-order valence-electron chi connectivity index (χ2n) is 11.9. The molecule has 2 fully saturated rings. The monoisotopic (exact) mass is 684 g/mol. The van der Waals surface area contributed by atoms with Crippen LogP contribution in [0.15, 0.2) is 66.5 Å². The van der Waals surface area contributed by atoms with Gasteiger partial charge in [0.1, 0.15) is 42.9 Å². The molecule has 1 saturated carbocycles. The van der Waals surface area contributed by atoms with Crippen molar-refractivity contribution in [2.75, 3.05) is 6.61 Å². The lowest BCUT2D eigenvalue weighted by Gasteiger charge is -2.43. The van der Waals surface area contributed by atoms with E-state index in [1.807, 2.05) is 0 Å². The van der Waals surface area contributed by atoms with Crippen molar-refractivity contribution in [3.63, 3.8) is 0 Å². The molecule has 0 spiro atoms. The van der Waals surface area contributed by atoms with E-state index in [0.717, 1.165) is 12.3 Å². The fourth-order valence-corrected chi connectivity index (χ4v) is 6.07. The first-order chi connectivity index (χ1) is 23.3. The van der Waals surface area contributed by atoms with Gasteiger partial charge in [0, 0.05) is 29.9 Å². The van der Waals surface area contributed by atoms with E-state index in [-0.39, 0.29) is 23.5 Å². The highest BCUT2D eigenvalue weighted by atomic mass is 16.8. The lowest BCUT2D eigenvalue weighted by molar-refractivity contribution is -0.342. The number of aliphatic hydroxyl groups is 3. The van der Waals surface area contributed by atoms with Gasteiger partial charge in [-0.25, -0.2) is 14.4 Å². The summed E-state index contributed by atoms with van der Waals surface area (Å²) in [7, 11) is 0. The van der Waals surface area contributed by atoms with E-state index in [9.17, 15) is 50.1 Å². The number of phenols is 3. The van der Waals surface area contributed by atoms with Crippen molar-refractivity contribution in [1.82, 2.24) is 0 Å². The van der Waals surface area contributed by atoms with Crippen molar-refractivity contribution in [2.45, 2.75) is 56.4 Å². The number of carboxylic acid groups (broad SMARTS) is 1. The summed E-state index contributed by atoms with van der Waals surface area (Å²) in [5, 5.41) is 70.1. The van der Waals surface area contributed by atoms with Gasteiger partial charge in [-0.05, 0) is 54.0 Å². The topological polar surface area (TPSA) is 239 Å². The van der Waals surface area contributed by atoms with Crippen molar-refractivity contribution in [2.24, 2.45) is 17.8 Å². The van der Waals surface area contributed by atoms with E-state index in [1.165, 1.54) is 48.6 Å². The Kier molecular flexibility index (Phi) is 10.9. The maximum absolute atomic E-state index is 12.7. The van der Waals surface area contributed by atoms with Crippen LogP contribution in [-0.2, 0) is 38.1 Å². The minimum atomic E-state index is -1.79. The average Bonchev–Trinajstić information content (AvgIpc) is 3.39. The molecule has 10 unspecified atom stereocenters. The van der Waals surface area contributed by atoms with Crippen LogP contribution in [0.2, 0.25) is 0 Å². The van der Waals surface area contributed by atoms with Crippen LogP contribution in [0.5, 0.6) is 17.2 Å². The normalized spacial score (nSPS) is 31.1. The molecule has 0 radical (unpaired) electrons. The minimum absolute atomic E-state index is 0.0675. The third kappa shape index (κ3) is 8.21. The van der Waals surface area contributed by atoms with E-state index in [1.54, 1.807) is 19.1 Å². The third-order valence-electron chi connectivity index (χ3n) is 8.74. The summed E-state index contributed by atoms with van der Waals surface area (Å²) in [4.78, 5) is 37.0. The molecule has 0 amide bonds. The van der Waals surface area contributed by atoms with Crippen LogP contribution < -0.4 is 0 Å². The number of ether oxygens (including phenoxy) is 5. The van der Waals surface area contributed by atoms with Gasteiger partial charge in [0.15, 0.2) is 17.8 Å². The van der Waals surface area contributed by atoms with Gasteiger partial charge in [0.2, 0.25) is 6.29 Å². The van der Waals surface area contributed by atoms with Crippen molar-refractivity contribution in [3.8, 4) is 17.2 Å². The number of fused-ring (bicyclic) bond motifs is 1. The average molecular weight is 685 g/mol. The number of benzene rings is 2.